The van der Waals surface area contributed by atoms with E-state index in [-0.39, 0.29) is 11.9 Å². The van der Waals surface area contributed by atoms with Crippen molar-refractivity contribution in [2.75, 3.05) is 18.4 Å². The molecule has 0 unspecified atom stereocenters. The number of nitrogens with zero attached hydrogens (tertiary/aromatic N) is 1. The molecular formula is C13H16ClN3O2. The molecule has 1 saturated heterocycles. The van der Waals surface area contributed by atoms with Crippen LogP contribution in [0.15, 0.2) is 24.3 Å². The van der Waals surface area contributed by atoms with Crippen molar-refractivity contribution < 1.29 is 9.59 Å². The Bertz CT molecular complexity index is 499. The second-order valence-electron chi connectivity index (χ2n) is 4.90. The molecule has 2 rings (SSSR count). The number of piperazine rings is 1. The average Bonchev–Trinajstić information content (AvgIpc) is 2.35. The maximum Gasteiger partial charge on any atom is 0.322 e. The Morgan fingerprint density at radius 1 is 1.37 bits per heavy atom. The smallest absolute Gasteiger partial charge is 0.322 e. The Morgan fingerprint density at radius 2 is 2.00 bits per heavy atom. The second kappa shape index (κ2) is 5.09. The lowest BCUT2D eigenvalue weighted by Gasteiger charge is -2.40. The summed E-state index contributed by atoms with van der Waals surface area (Å²) in [6, 6.07) is 6.55. The third-order valence-electron chi connectivity index (χ3n) is 3.19. The minimum atomic E-state index is -0.852. The number of urea groups is 1. The van der Waals surface area contributed by atoms with Crippen LogP contribution >= 0.6 is 11.6 Å². The summed E-state index contributed by atoms with van der Waals surface area (Å²) in [5, 5.41) is 6.12. The lowest BCUT2D eigenvalue weighted by molar-refractivity contribution is -0.132. The average molecular weight is 282 g/mol. The third-order valence-corrected chi connectivity index (χ3v) is 3.44. The number of rotatable bonds is 1. The standard InChI is InChI=1S/C13H16ClN3O2/c1-13(2)11(18)15-7-8-17(13)12(19)16-10-5-3-9(14)4-6-10/h3-6H,7-8H2,1-2H3,(H,15,18)(H,16,19). The number of carbonyl (C=O) groups is 2. The normalized spacial score (nSPS) is 17.8. The van der Waals surface area contributed by atoms with Gasteiger partial charge < -0.3 is 15.5 Å². The van der Waals surface area contributed by atoms with Crippen LogP contribution in [0.25, 0.3) is 0 Å². The van der Waals surface area contributed by atoms with Crippen molar-refractivity contribution in [3.8, 4) is 0 Å². The highest BCUT2D eigenvalue weighted by Crippen LogP contribution is 2.20. The molecule has 1 heterocycles. The van der Waals surface area contributed by atoms with E-state index >= 15 is 0 Å². The van der Waals surface area contributed by atoms with Crippen LogP contribution in [-0.2, 0) is 4.79 Å². The Kier molecular flexibility index (Phi) is 3.66. The van der Waals surface area contributed by atoms with Crippen LogP contribution in [0, 0.1) is 0 Å². The third kappa shape index (κ3) is 2.81. The van der Waals surface area contributed by atoms with E-state index in [2.05, 4.69) is 10.6 Å². The lowest BCUT2D eigenvalue weighted by Crippen LogP contribution is -2.64. The van der Waals surface area contributed by atoms with Crippen LogP contribution in [0.5, 0.6) is 0 Å². The summed E-state index contributed by atoms with van der Waals surface area (Å²) in [6.45, 7) is 4.40. The van der Waals surface area contributed by atoms with Gasteiger partial charge in [0.05, 0.1) is 0 Å². The van der Waals surface area contributed by atoms with Crippen molar-refractivity contribution in [1.82, 2.24) is 10.2 Å². The van der Waals surface area contributed by atoms with Gasteiger partial charge in [-0.1, -0.05) is 11.6 Å². The number of nitrogens with one attached hydrogen (secondary N) is 2. The molecule has 0 radical (unpaired) electrons. The second-order valence-corrected chi connectivity index (χ2v) is 5.34. The van der Waals surface area contributed by atoms with E-state index in [1.54, 1.807) is 38.1 Å². The predicted octanol–water partition coefficient (Wildman–Crippen LogP) is 2.08. The van der Waals surface area contributed by atoms with Gasteiger partial charge >= 0.3 is 6.03 Å². The largest absolute Gasteiger partial charge is 0.352 e. The van der Waals surface area contributed by atoms with Crippen LogP contribution in [0.1, 0.15) is 13.8 Å². The number of carbonyl (C=O) groups excluding carboxylic acids is 2. The lowest BCUT2D eigenvalue weighted by atomic mass is 9.99. The highest BCUT2D eigenvalue weighted by molar-refractivity contribution is 6.30. The van der Waals surface area contributed by atoms with Crippen LogP contribution in [0.4, 0.5) is 10.5 Å². The molecule has 0 bridgehead atoms. The molecule has 1 aliphatic rings. The van der Waals surface area contributed by atoms with Gasteiger partial charge in [0.2, 0.25) is 5.91 Å². The van der Waals surface area contributed by atoms with Gasteiger partial charge in [-0.3, -0.25) is 4.79 Å². The quantitative estimate of drug-likeness (QED) is 0.828. The molecule has 0 aliphatic carbocycles. The van der Waals surface area contributed by atoms with Crippen LogP contribution < -0.4 is 10.6 Å². The molecule has 1 fully saturated rings. The predicted molar refractivity (Wildman–Crippen MR) is 74.3 cm³/mol. The molecule has 3 amide bonds. The molecule has 0 atom stereocenters. The topological polar surface area (TPSA) is 61.4 Å². The summed E-state index contributed by atoms with van der Waals surface area (Å²) < 4.78 is 0. The van der Waals surface area contributed by atoms with Crippen LogP contribution in [0.2, 0.25) is 5.02 Å². The number of halogens is 1. The number of benzene rings is 1. The van der Waals surface area contributed by atoms with Crippen molar-refractivity contribution in [1.29, 1.82) is 0 Å². The Labute approximate surface area is 116 Å². The molecule has 0 saturated carbocycles. The molecular weight excluding hydrogens is 266 g/mol. The van der Waals surface area contributed by atoms with E-state index in [0.29, 0.717) is 23.8 Å². The van der Waals surface area contributed by atoms with Gasteiger partial charge in [-0.25, -0.2) is 4.79 Å². The van der Waals surface area contributed by atoms with E-state index in [1.165, 1.54) is 4.90 Å². The van der Waals surface area contributed by atoms with E-state index < -0.39 is 5.54 Å². The maximum absolute atomic E-state index is 12.2. The van der Waals surface area contributed by atoms with Gasteiger partial charge in [-0.2, -0.15) is 0 Å². The summed E-state index contributed by atoms with van der Waals surface area (Å²) in [5.41, 5.74) is -0.203. The van der Waals surface area contributed by atoms with Crippen molar-refractivity contribution >= 4 is 29.2 Å². The molecule has 1 aliphatic heterocycles. The fourth-order valence-corrected chi connectivity index (χ4v) is 2.11. The van der Waals surface area contributed by atoms with Crippen molar-refractivity contribution in [2.24, 2.45) is 0 Å². The molecule has 6 heteroatoms. The number of anilines is 1. The van der Waals surface area contributed by atoms with E-state index in [4.69, 9.17) is 11.6 Å². The first-order valence-corrected chi connectivity index (χ1v) is 6.41. The molecule has 1 aromatic rings. The molecule has 2 N–H and O–H groups in total. The Hall–Kier alpha value is -1.75. The van der Waals surface area contributed by atoms with Crippen LogP contribution in [-0.4, -0.2) is 35.5 Å². The summed E-state index contributed by atoms with van der Waals surface area (Å²) in [5.74, 6) is -0.148. The fourth-order valence-electron chi connectivity index (χ4n) is 1.98. The van der Waals surface area contributed by atoms with Gasteiger partial charge in [0.1, 0.15) is 5.54 Å². The summed E-state index contributed by atoms with van der Waals surface area (Å²) in [4.78, 5) is 25.5. The summed E-state index contributed by atoms with van der Waals surface area (Å²) >= 11 is 5.79. The highest BCUT2D eigenvalue weighted by Gasteiger charge is 2.40. The van der Waals surface area contributed by atoms with E-state index in [1.807, 2.05) is 0 Å². The number of hydrogen-bond acceptors (Lipinski definition) is 2. The van der Waals surface area contributed by atoms with Gasteiger partial charge in [-0.15, -0.1) is 0 Å². The minimum Gasteiger partial charge on any atom is -0.352 e. The van der Waals surface area contributed by atoms with E-state index in [9.17, 15) is 9.59 Å². The van der Waals surface area contributed by atoms with Gasteiger partial charge in [0, 0.05) is 23.8 Å². The van der Waals surface area contributed by atoms with Crippen molar-refractivity contribution in [3.05, 3.63) is 29.3 Å². The molecule has 102 valence electrons. The first kappa shape index (κ1) is 13.7. The fraction of sp³-hybridized carbons (Fsp3) is 0.385. The van der Waals surface area contributed by atoms with Gasteiger partial charge in [-0.05, 0) is 38.1 Å². The monoisotopic (exact) mass is 281 g/mol. The van der Waals surface area contributed by atoms with E-state index in [0.717, 1.165) is 0 Å². The first-order chi connectivity index (χ1) is 8.91. The van der Waals surface area contributed by atoms with Crippen molar-refractivity contribution in [3.63, 3.8) is 0 Å². The zero-order valence-electron chi connectivity index (χ0n) is 10.9. The van der Waals surface area contributed by atoms with Gasteiger partial charge in [0.15, 0.2) is 0 Å². The molecule has 19 heavy (non-hydrogen) atoms. The minimum absolute atomic E-state index is 0.148. The summed E-state index contributed by atoms with van der Waals surface area (Å²) in [6.07, 6.45) is 0. The Morgan fingerprint density at radius 3 is 2.63 bits per heavy atom. The number of hydrogen-bond donors (Lipinski definition) is 2. The molecule has 0 aromatic heterocycles. The van der Waals surface area contributed by atoms with Gasteiger partial charge in [0.25, 0.3) is 0 Å². The highest BCUT2D eigenvalue weighted by atomic mass is 35.5. The molecule has 0 spiro atoms. The first-order valence-electron chi connectivity index (χ1n) is 6.04. The molecule has 5 nitrogen and oxygen atoms in total. The Balaban J connectivity index is 2.11. The summed E-state index contributed by atoms with van der Waals surface area (Å²) in [7, 11) is 0. The zero-order chi connectivity index (χ0) is 14.0. The van der Waals surface area contributed by atoms with Crippen LogP contribution in [0.3, 0.4) is 0 Å². The molecule has 1 aromatic carbocycles. The van der Waals surface area contributed by atoms with Crippen molar-refractivity contribution in [2.45, 2.75) is 19.4 Å². The maximum atomic E-state index is 12.2. The SMILES string of the molecule is CC1(C)C(=O)NCCN1C(=O)Nc1ccc(Cl)cc1. The number of amides is 3. The zero-order valence-corrected chi connectivity index (χ0v) is 11.6.